The average molecular weight is 409 g/mol. The number of hydrogen-bond acceptors (Lipinski definition) is 3. The van der Waals surface area contributed by atoms with Crippen molar-refractivity contribution in [2.45, 2.75) is 116 Å². The van der Waals surface area contributed by atoms with E-state index in [0.717, 1.165) is 19.3 Å². The number of carbonyl (C=O) groups is 2. The Hall–Kier alpha value is -1.32. The summed E-state index contributed by atoms with van der Waals surface area (Å²) in [5, 5.41) is 9.25. The first-order valence-corrected chi connectivity index (χ1v) is 12.2. The van der Waals surface area contributed by atoms with Crippen molar-refractivity contribution < 1.29 is 19.4 Å². The number of esters is 1. The Bertz CT molecular complexity index is 458. The van der Waals surface area contributed by atoms with E-state index >= 15 is 0 Å². The predicted molar refractivity (Wildman–Crippen MR) is 119 cm³/mol. The lowest BCUT2D eigenvalue weighted by molar-refractivity contribution is -0.159. The minimum atomic E-state index is -0.862. The summed E-state index contributed by atoms with van der Waals surface area (Å²) in [6, 6.07) is 0. The summed E-state index contributed by atoms with van der Waals surface area (Å²) in [6.45, 7) is 2.62. The van der Waals surface area contributed by atoms with Crippen molar-refractivity contribution >= 4 is 11.9 Å². The number of aliphatic carboxylic acids is 1. The van der Waals surface area contributed by atoms with Crippen LogP contribution in [0.3, 0.4) is 0 Å². The van der Waals surface area contributed by atoms with E-state index in [-0.39, 0.29) is 5.97 Å². The van der Waals surface area contributed by atoms with E-state index in [1.54, 1.807) is 0 Å². The van der Waals surface area contributed by atoms with Crippen LogP contribution >= 0.6 is 0 Å². The van der Waals surface area contributed by atoms with Crippen LogP contribution in [0, 0.1) is 11.8 Å². The first-order valence-electron chi connectivity index (χ1n) is 12.2. The van der Waals surface area contributed by atoms with Crippen LogP contribution in [0.25, 0.3) is 0 Å². The largest absolute Gasteiger partial charge is 0.481 e. The zero-order valence-electron chi connectivity index (χ0n) is 18.7. The highest BCUT2D eigenvalue weighted by Crippen LogP contribution is 2.31. The molecule has 1 aliphatic carbocycles. The zero-order valence-corrected chi connectivity index (χ0v) is 18.7. The minimum Gasteiger partial charge on any atom is -0.481 e. The second kappa shape index (κ2) is 17.5. The molecule has 0 aromatic heterocycles. The van der Waals surface area contributed by atoms with Crippen molar-refractivity contribution in [3.05, 3.63) is 12.2 Å². The van der Waals surface area contributed by atoms with E-state index < -0.39 is 17.8 Å². The van der Waals surface area contributed by atoms with Gasteiger partial charge in [0, 0.05) is 0 Å². The molecule has 0 aliphatic heterocycles. The predicted octanol–water partition coefficient (Wildman–Crippen LogP) is 7.07. The van der Waals surface area contributed by atoms with Crippen LogP contribution in [0.5, 0.6) is 0 Å². The summed E-state index contributed by atoms with van der Waals surface area (Å²) in [5.74, 6) is -2.20. The number of carboxylic acid groups (broad SMARTS) is 1. The molecule has 1 fully saturated rings. The number of rotatable bonds is 17. The SMILES string of the molecule is CCCCCCCCCCCCC/C=C/CCOC(=O)C1CCCCC1C(=O)O. The second-order valence-electron chi connectivity index (χ2n) is 8.59. The number of carbonyl (C=O) groups excluding carboxylic acids is 1. The molecule has 0 spiro atoms. The van der Waals surface area contributed by atoms with E-state index in [0.29, 0.717) is 25.9 Å². The topological polar surface area (TPSA) is 63.6 Å². The molecule has 4 nitrogen and oxygen atoms in total. The molecule has 2 unspecified atom stereocenters. The van der Waals surface area contributed by atoms with Crippen molar-refractivity contribution in [1.29, 1.82) is 0 Å². The quantitative estimate of drug-likeness (QED) is 0.159. The van der Waals surface area contributed by atoms with Crippen LogP contribution in [-0.2, 0) is 14.3 Å². The second-order valence-corrected chi connectivity index (χ2v) is 8.59. The molecule has 0 aromatic carbocycles. The third kappa shape index (κ3) is 12.8. The van der Waals surface area contributed by atoms with Gasteiger partial charge in [-0.3, -0.25) is 9.59 Å². The number of carboxylic acids is 1. The number of allylic oxidation sites excluding steroid dienone is 1. The number of hydrogen-bond donors (Lipinski definition) is 1. The lowest BCUT2D eigenvalue weighted by Gasteiger charge is -2.26. The molecule has 1 aliphatic rings. The van der Waals surface area contributed by atoms with Gasteiger partial charge in [-0.2, -0.15) is 0 Å². The van der Waals surface area contributed by atoms with Gasteiger partial charge in [0.1, 0.15) is 0 Å². The Kier molecular flexibility index (Phi) is 15.5. The van der Waals surface area contributed by atoms with Gasteiger partial charge in [0.05, 0.1) is 18.4 Å². The Labute approximate surface area is 178 Å². The Morgan fingerprint density at radius 2 is 1.31 bits per heavy atom. The third-order valence-electron chi connectivity index (χ3n) is 6.06. The lowest BCUT2D eigenvalue weighted by atomic mass is 9.79. The summed E-state index contributed by atoms with van der Waals surface area (Å²) in [5.41, 5.74) is 0. The summed E-state index contributed by atoms with van der Waals surface area (Å²) >= 11 is 0. The van der Waals surface area contributed by atoms with Crippen LogP contribution in [0.4, 0.5) is 0 Å². The number of ether oxygens (including phenoxy) is 1. The summed E-state index contributed by atoms with van der Waals surface area (Å²) in [6.07, 6.45) is 24.1. The molecular weight excluding hydrogens is 364 g/mol. The van der Waals surface area contributed by atoms with Crippen LogP contribution in [0.15, 0.2) is 12.2 Å². The third-order valence-corrected chi connectivity index (χ3v) is 6.06. The monoisotopic (exact) mass is 408 g/mol. The molecule has 0 heterocycles. The lowest BCUT2D eigenvalue weighted by Crippen LogP contribution is -2.33. The maximum absolute atomic E-state index is 12.2. The molecule has 4 heteroatoms. The Balaban J connectivity index is 1.92. The Morgan fingerprint density at radius 3 is 1.90 bits per heavy atom. The summed E-state index contributed by atoms with van der Waals surface area (Å²) in [4.78, 5) is 23.4. The molecule has 2 atom stereocenters. The first-order chi connectivity index (χ1) is 14.2. The fourth-order valence-electron chi connectivity index (χ4n) is 4.21. The molecule has 1 saturated carbocycles. The Morgan fingerprint density at radius 1 is 0.793 bits per heavy atom. The molecule has 0 amide bonds. The highest BCUT2D eigenvalue weighted by Gasteiger charge is 2.36. The van der Waals surface area contributed by atoms with Gasteiger partial charge in [0.15, 0.2) is 0 Å². The van der Waals surface area contributed by atoms with E-state index in [1.807, 2.05) is 0 Å². The van der Waals surface area contributed by atoms with Gasteiger partial charge in [-0.15, -0.1) is 0 Å². The van der Waals surface area contributed by atoms with Crippen molar-refractivity contribution in [1.82, 2.24) is 0 Å². The highest BCUT2D eigenvalue weighted by molar-refractivity contribution is 5.81. The average Bonchev–Trinajstić information content (AvgIpc) is 2.73. The summed E-state index contributed by atoms with van der Waals surface area (Å²) in [7, 11) is 0. The van der Waals surface area contributed by atoms with Gasteiger partial charge < -0.3 is 9.84 Å². The standard InChI is InChI=1S/C25H44O4/c1-2-3-4-5-6-7-8-9-10-11-12-13-14-15-18-21-29-25(28)23-20-17-16-19-22(23)24(26)27/h14-15,22-23H,2-13,16-21H2,1H3,(H,26,27)/b15-14+. The van der Waals surface area contributed by atoms with E-state index in [4.69, 9.17) is 4.74 Å². The van der Waals surface area contributed by atoms with Gasteiger partial charge in [-0.25, -0.2) is 0 Å². The van der Waals surface area contributed by atoms with Gasteiger partial charge >= 0.3 is 11.9 Å². The maximum Gasteiger partial charge on any atom is 0.309 e. The first kappa shape index (κ1) is 25.7. The number of unbranched alkanes of at least 4 members (excludes halogenated alkanes) is 11. The van der Waals surface area contributed by atoms with Crippen molar-refractivity contribution in [3.63, 3.8) is 0 Å². The molecule has 0 saturated heterocycles. The van der Waals surface area contributed by atoms with Crippen LogP contribution in [-0.4, -0.2) is 23.7 Å². The van der Waals surface area contributed by atoms with Crippen molar-refractivity contribution in [2.75, 3.05) is 6.61 Å². The molecule has 0 bridgehead atoms. The molecular formula is C25H44O4. The van der Waals surface area contributed by atoms with Crippen LogP contribution in [0.2, 0.25) is 0 Å². The smallest absolute Gasteiger partial charge is 0.309 e. The van der Waals surface area contributed by atoms with Crippen LogP contribution < -0.4 is 0 Å². The van der Waals surface area contributed by atoms with Crippen molar-refractivity contribution in [2.24, 2.45) is 11.8 Å². The normalized spacial score (nSPS) is 19.5. The van der Waals surface area contributed by atoms with E-state index in [1.165, 1.54) is 70.6 Å². The van der Waals surface area contributed by atoms with E-state index in [9.17, 15) is 14.7 Å². The maximum atomic E-state index is 12.2. The van der Waals surface area contributed by atoms with Crippen molar-refractivity contribution in [3.8, 4) is 0 Å². The van der Waals surface area contributed by atoms with Gasteiger partial charge in [-0.05, 0) is 32.1 Å². The van der Waals surface area contributed by atoms with E-state index in [2.05, 4.69) is 19.1 Å². The van der Waals surface area contributed by atoms with Gasteiger partial charge in [0.2, 0.25) is 0 Å². The fraction of sp³-hybridized carbons (Fsp3) is 0.840. The van der Waals surface area contributed by atoms with Gasteiger partial charge in [-0.1, -0.05) is 96.1 Å². The molecule has 1 rings (SSSR count). The molecule has 0 aromatic rings. The molecule has 0 radical (unpaired) electrons. The fourth-order valence-corrected chi connectivity index (χ4v) is 4.21. The minimum absolute atomic E-state index is 0.323. The molecule has 29 heavy (non-hydrogen) atoms. The molecule has 168 valence electrons. The zero-order chi connectivity index (χ0) is 21.2. The van der Waals surface area contributed by atoms with Crippen LogP contribution in [0.1, 0.15) is 116 Å². The molecule has 1 N–H and O–H groups in total. The highest BCUT2D eigenvalue weighted by atomic mass is 16.5. The summed E-state index contributed by atoms with van der Waals surface area (Å²) < 4.78 is 5.32. The van der Waals surface area contributed by atoms with Gasteiger partial charge in [0.25, 0.3) is 0 Å².